The number of hydrogen-bond acceptors (Lipinski definition) is 6. The van der Waals surface area contributed by atoms with E-state index >= 15 is 0 Å². The van der Waals surface area contributed by atoms with Crippen molar-refractivity contribution in [2.45, 2.75) is 24.1 Å². The van der Waals surface area contributed by atoms with Crippen LogP contribution in [0.3, 0.4) is 0 Å². The average Bonchev–Trinajstić information content (AvgIpc) is 2.86. The Labute approximate surface area is 124 Å². The number of nitrogens with zero attached hydrogens (tertiary/aromatic N) is 2. The number of aromatic nitrogens is 2. The molecule has 2 atom stereocenters. The number of aliphatic carboxylic acids is 1. The summed E-state index contributed by atoms with van der Waals surface area (Å²) < 4.78 is 0.793. The summed E-state index contributed by atoms with van der Waals surface area (Å²) in [6.45, 7) is 2.01. The van der Waals surface area contributed by atoms with Gasteiger partial charge in [0.15, 0.2) is 4.34 Å². The summed E-state index contributed by atoms with van der Waals surface area (Å²) in [5.41, 5.74) is 0. The number of thioether (sulfide) groups is 1. The van der Waals surface area contributed by atoms with Gasteiger partial charge in [-0.25, -0.2) is 0 Å². The van der Waals surface area contributed by atoms with Crippen LogP contribution >= 0.6 is 23.1 Å². The number of carbonyl (C=O) groups excluding carboxylic acids is 1. The van der Waals surface area contributed by atoms with Gasteiger partial charge in [0.2, 0.25) is 11.0 Å². The number of carboxylic acid groups (broad SMARTS) is 1. The molecule has 0 saturated heterocycles. The highest BCUT2D eigenvalue weighted by molar-refractivity contribution is 8.01. The number of allylic oxidation sites excluding steroid dienone is 2. The highest BCUT2D eigenvalue weighted by atomic mass is 32.2. The smallest absolute Gasteiger partial charge is 0.307 e. The molecular formula is C12H15N3O3S2. The van der Waals surface area contributed by atoms with Crippen molar-refractivity contribution in [3.8, 4) is 0 Å². The lowest BCUT2D eigenvalue weighted by Crippen LogP contribution is -2.34. The van der Waals surface area contributed by atoms with Crippen LogP contribution < -0.4 is 5.32 Å². The molecule has 0 aromatic carbocycles. The molecule has 1 heterocycles. The summed E-state index contributed by atoms with van der Waals surface area (Å²) in [5.74, 6) is -1.57. The Hall–Kier alpha value is -1.41. The summed E-state index contributed by atoms with van der Waals surface area (Å²) >= 11 is 2.86. The predicted molar refractivity (Wildman–Crippen MR) is 77.9 cm³/mol. The fourth-order valence-electron chi connectivity index (χ4n) is 2.02. The van der Waals surface area contributed by atoms with E-state index in [-0.39, 0.29) is 5.91 Å². The topological polar surface area (TPSA) is 92.2 Å². The van der Waals surface area contributed by atoms with Crippen LogP contribution in [0.4, 0.5) is 5.13 Å². The average molecular weight is 313 g/mol. The highest BCUT2D eigenvalue weighted by Gasteiger charge is 2.34. The standard InChI is InChI=1S/C12H15N3O3S2/c1-2-19-12-15-14-11(20-12)13-9(16)7-5-3-4-6-8(7)10(17)18/h3-4,7-8H,2,5-6H2,1H3,(H,17,18)(H,13,14,16)/t7-,8+/m0/s1. The van der Waals surface area contributed by atoms with E-state index in [0.717, 1.165) is 10.1 Å². The maximum atomic E-state index is 12.2. The van der Waals surface area contributed by atoms with Gasteiger partial charge < -0.3 is 10.4 Å². The number of rotatable bonds is 5. The Morgan fingerprint density at radius 1 is 1.40 bits per heavy atom. The minimum absolute atomic E-state index is 0.300. The van der Waals surface area contributed by atoms with Crippen LogP contribution in [0, 0.1) is 11.8 Å². The van der Waals surface area contributed by atoms with Crippen LogP contribution in [0.15, 0.2) is 16.5 Å². The molecule has 2 rings (SSSR count). The zero-order valence-electron chi connectivity index (χ0n) is 10.9. The molecule has 0 radical (unpaired) electrons. The Morgan fingerprint density at radius 3 is 2.75 bits per heavy atom. The Bertz CT molecular complexity index is 530. The SMILES string of the molecule is CCSc1nnc(NC(=O)[C@H]2CC=CC[C@H]2C(=O)O)s1. The number of carboxylic acids is 1. The molecule has 0 aliphatic heterocycles. The third kappa shape index (κ3) is 3.57. The molecule has 0 unspecified atom stereocenters. The second kappa shape index (κ2) is 6.85. The van der Waals surface area contributed by atoms with Gasteiger partial charge in [-0.2, -0.15) is 0 Å². The number of nitrogens with one attached hydrogen (secondary N) is 1. The second-order valence-electron chi connectivity index (χ2n) is 4.29. The van der Waals surface area contributed by atoms with Gasteiger partial charge in [-0.15, -0.1) is 10.2 Å². The molecule has 1 aliphatic rings. The fourth-order valence-corrected chi connectivity index (χ4v) is 3.67. The molecular weight excluding hydrogens is 298 g/mol. The Kier molecular flexibility index (Phi) is 5.13. The lowest BCUT2D eigenvalue weighted by atomic mass is 9.82. The zero-order valence-corrected chi connectivity index (χ0v) is 12.5. The van der Waals surface area contributed by atoms with Crippen molar-refractivity contribution < 1.29 is 14.7 Å². The van der Waals surface area contributed by atoms with Gasteiger partial charge in [0.05, 0.1) is 11.8 Å². The van der Waals surface area contributed by atoms with Gasteiger partial charge in [0.25, 0.3) is 0 Å². The molecule has 0 spiro atoms. The van der Waals surface area contributed by atoms with E-state index in [0.29, 0.717) is 18.0 Å². The van der Waals surface area contributed by atoms with E-state index in [4.69, 9.17) is 5.11 Å². The molecule has 20 heavy (non-hydrogen) atoms. The normalized spacial score (nSPS) is 21.6. The van der Waals surface area contributed by atoms with Gasteiger partial charge in [0, 0.05) is 0 Å². The molecule has 0 fully saturated rings. The first kappa shape index (κ1) is 15.0. The summed E-state index contributed by atoms with van der Waals surface area (Å²) in [6, 6.07) is 0. The van der Waals surface area contributed by atoms with E-state index in [2.05, 4.69) is 15.5 Å². The molecule has 108 valence electrons. The number of anilines is 1. The van der Waals surface area contributed by atoms with Crippen molar-refractivity contribution in [3.63, 3.8) is 0 Å². The van der Waals surface area contributed by atoms with E-state index in [1.807, 2.05) is 19.1 Å². The van der Waals surface area contributed by atoms with Crippen LogP contribution in [-0.4, -0.2) is 32.9 Å². The molecule has 1 amide bonds. The van der Waals surface area contributed by atoms with Crippen LogP contribution in [-0.2, 0) is 9.59 Å². The zero-order chi connectivity index (χ0) is 14.5. The summed E-state index contributed by atoms with van der Waals surface area (Å²) in [7, 11) is 0. The first-order valence-electron chi connectivity index (χ1n) is 6.26. The van der Waals surface area contributed by atoms with Crippen molar-refractivity contribution in [1.82, 2.24) is 10.2 Å². The summed E-state index contributed by atoms with van der Waals surface area (Å²) in [6.07, 6.45) is 4.49. The Balaban J connectivity index is 2.02. The third-order valence-electron chi connectivity index (χ3n) is 2.99. The van der Waals surface area contributed by atoms with Crippen LogP contribution in [0.2, 0.25) is 0 Å². The monoisotopic (exact) mass is 313 g/mol. The van der Waals surface area contributed by atoms with Gasteiger partial charge in [0.1, 0.15) is 0 Å². The van der Waals surface area contributed by atoms with Crippen molar-refractivity contribution >= 4 is 40.1 Å². The quantitative estimate of drug-likeness (QED) is 0.492. The molecule has 1 aromatic heterocycles. The van der Waals surface area contributed by atoms with Gasteiger partial charge >= 0.3 is 5.97 Å². The first-order chi connectivity index (χ1) is 9.61. The summed E-state index contributed by atoms with van der Waals surface area (Å²) in [4.78, 5) is 23.3. The maximum absolute atomic E-state index is 12.2. The minimum Gasteiger partial charge on any atom is -0.481 e. The number of amides is 1. The minimum atomic E-state index is -0.936. The second-order valence-corrected chi connectivity index (χ2v) is 6.78. The van der Waals surface area contributed by atoms with Crippen molar-refractivity contribution in [2.24, 2.45) is 11.8 Å². The van der Waals surface area contributed by atoms with E-state index in [9.17, 15) is 9.59 Å². The van der Waals surface area contributed by atoms with Crippen LogP contribution in [0.1, 0.15) is 19.8 Å². The largest absolute Gasteiger partial charge is 0.481 e. The van der Waals surface area contributed by atoms with E-state index < -0.39 is 17.8 Å². The molecule has 8 heteroatoms. The first-order valence-corrected chi connectivity index (χ1v) is 8.07. The fraction of sp³-hybridized carbons (Fsp3) is 0.500. The summed E-state index contributed by atoms with van der Waals surface area (Å²) in [5, 5.41) is 20.1. The third-order valence-corrected chi connectivity index (χ3v) is 4.84. The van der Waals surface area contributed by atoms with Crippen LogP contribution in [0.5, 0.6) is 0 Å². The molecule has 1 aromatic rings. The Morgan fingerprint density at radius 2 is 2.10 bits per heavy atom. The van der Waals surface area contributed by atoms with E-state index in [1.54, 1.807) is 11.8 Å². The van der Waals surface area contributed by atoms with Crippen molar-refractivity contribution in [2.75, 3.05) is 11.1 Å². The number of hydrogen-bond donors (Lipinski definition) is 2. The van der Waals surface area contributed by atoms with Crippen molar-refractivity contribution in [1.29, 1.82) is 0 Å². The molecule has 2 N–H and O–H groups in total. The predicted octanol–water partition coefficient (Wildman–Crippen LogP) is 2.26. The van der Waals surface area contributed by atoms with E-state index in [1.165, 1.54) is 11.3 Å². The highest BCUT2D eigenvalue weighted by Crippen LogP contribution is 2.29. The molecule has 0 saturated carbocycles. The maximum Gasteiger partial charge on any atom is 0.307 e. The van der Waals surface area contributed by atoms with Gasteiger partial charge in [-0.3, -0.25) is 9.59 Å². The lowest BCUT2D eigenvalue weighted by molar-refractivity contribution is -0.146. The van der Waals surface area contributed by atoms with Crippen molar-refractivity contribution in [3.05, 3.63) is 12.2 Å². The van der Waals surface area contributed by atoms with Gasteiger partial charge in [-0.1, -0.05) is 42.2 Å². The lowest BCUT2D eigenvalue weighted by Gasteiger charge is -2.23. The molecule has 1 aliphatic carbocycles. The molecule has 0 bridgehead atoms. The number of carbonyl (C=O) groups is 2. The van der Waals surface area contributed by atoms with Crippen LogP contribution in [0.25, 0.3) is 0 Å². The van der Waals surface area contributed by atoms with Gasteiger partial charge in [-0.05, 0) is 18.6 Å². The molecule has 6 nitrogen and oxygen atoms in total.